The second-order valence-electron chi connectivity index (χ2n) is 4.27. The molecule has 1 unspecified atom stereocenters. The van der Waals surface area contributed by atoms with Crippen LogP contribution < -0.4 is 5.32 Å². The van der Waals surface area contributed by atoms with Crippen LogP contribution in [-0.4, -0.2) is 52.3 Å². The Bertz CT molecular complexity index is 252. The standard InChI is InChI=1S/C10H18N2O2S/c1-2-12-5-3-10(4-6-12)11-8(7-15-10)9(13)14/h8,11H,2-7H2,1H3,(H,13,14). The van der Waals surface area contributed by atoms with E-state index in [4.69, 9.17) is 5.11 Å². The maximum atomic E-state index is 10.9. The highest BCUT2D eigenvalue weighted by molar-refractivity contribution is 8.01. The maximum Gasteiger partial charge on any atom is 0.321 e. The zero-order valence-electron chi connectivity index (χ0n) is 9.03. The molecule has 2 aliphatic heterocycles. The fourth-order valence-corrected chi connectivity index (χ4v) is 3.70. The van der Waals surface area contributed by atoms with Crippen molar-refractivity contribution in [2.45, 2.75) is 30.7 Å². The van der Waals surface area contributed by atoms with Gasteiger partial charge in [0.1, 0.15) is 6.04 Å². The summed E-state index contributed by atoms with van der Waals surface area (Å²) in [7, 11) is 0. The van der Waals surface area contributed by atoms with Crippen LogP contribution in [0.25, 0.3) is 0 Å². The van der Waals surface area contributed by atoms with Gasteiger partial charge < -0.3 is 10.0 Å². The Morgan fingerprint density at radius 3 is 2.73 bits per heavy atom. The zero-order valence-corrected chi connectivity index (χ0v) is 9.85. The van der Waals surface area contributed by atoms with Crippen LogP contribution in [0.15, 0.2) is 0 Å². The quantitative estimate of drug-likeness (QED) is 0.727. The Kier molecular flexibility index (Phi) is 3.23. The molecule has 1 spiro atoms. The summed E-state index contributed by atoms with van der Waals surface area (Å²) in [5.41, 5.74) is 0. The molecule has 0 aliphatic carbocycles. The summed E-state index contributed by atoms with van der Waals surface area (Å²) in [5, 5.41) is 12.2. The van der Waals surface area contributed by atoms with E-state index in [0.717, 1.165) is 32.5 Å². The largest absolute Gasteiger partial charge is 0.480 e. The molecule has 5 heteroatoms. The van der Waals surface area contributed by atoms with Crippen molar-refractivity contribution in [3.05, 3.63) is 0 Å². The van der Waals surface area contributed by atoms with Crippen molar-refractivity contribution in [1.82, 2.24) is 10.2 Å². The van der Waals surface area contributed by atoms with Gasteiger partial charge in [-0.2, -0.15) is 0 Å². The number of nitrogens with zero attached hydrogens (tertiary/aromatic N) is 1. The van der Waals surface area contributed by atoms with Crippen LogP contribution in [0, 0.1) is 0 Å². The normalized spacial score (nSPS) is 30.9. The van der Waals surface area contributed by atoms with E-state index in [2.05, 4.69) is 17.1 Å². The summed E-state index contributed by atoms with van der Waals surface area (Å²) in [6, 6.07) is -0.344. The minimum atomic E-state index is -0.711. The van der Waals surface area contributed by atoms with E-state index < -0.39 is 5.97 Å². The summed E-state index contributed by atoms with van der Waals surface area (Å²) in [6.45, 7) is 5.45. The minimum Gasteiger partial charge on any atom is -0.480 e. The van der Waals surface area contributed by atoms with Crippen molar-refractivity contribution in [1.29, 1.82) is 0 Å². The number of aliphatic carboxylic acids is 1. The van der Waals surface area contributed by atoms with Crippen LogP contribution in [0.4, 0.5) is 0 Å². The molecule has 2 heterocycles. The summed E-state index contributed by atoms with van der Waals surface area (Å²) < 4.78 is 0. The second-order valence-corrected chi connectivity index (χ2v) is 5.68. The molecular formula is C10H18N2O2S. The van der Waals surface area contributed by atoms with Crippen LogP contribution in [0.1, 0.15) is 19.8 Å². The van der Waals surface area contributed by atoms with Crippen molar-refractivity contribution >= 4 is 17.7 Å². The lowest BCUT2D eigenvalue weighted by Crippen LogP contribution is -2.51. The molecule has 86 valence electrons. The fourth-order valence-electron chi connectivity index (χ4n) is 2.30. The average Bonchev–Trinajstić information content (AvgIpc) is 2.64. The monoisotopic (exact) mass is 230 g/mol. The molecule has 0 saturated carbocycles. The Labute approximate surface area is 94.4 Å². The topological polar surface area (TPSA) is 52.6 Å². The van der Waals surface area contributed by atoms with Crippen molar-refractivity contribution in [3.8, 4) is 0 Å². The zero-order chi connectivity index (χ0) is 10.9. The molecule has 2 N–H and O–H groups in total. The molecule has 0 bridgehead atoms. The number of nitrogens with one attached hydrogen (secondary N) is 1. The lowest BCUT2D eigenvalue weighted by Gasteiger charge is -2.38. The van der Waals surface area contributed by atoms with Gasteiger partial charge in [-0.25, -0.2) is 0 Å². The smallest absolute Gasteiger partial charge is 0.321 e. The first-order valence-electron chi connectivity index (χ1n) is 5.52. The summed E-state index contributed by atoms with van der Waals surface area (Å²) in [6.07, 6.45) is 2.13. The van der Waals surface area contributed by atoms with E-state index in [1.165, 1.54) is 0 Å². The summed E-state index contributed by atoms with van der Waals surface area (Å²) in [4.78, 5) is 13.3. The fraction of sp³-hybridized carbons (Fsp3) is 0.900. The molecule has 2 saturated heterocycles. The molecule has 15 heavy (non-hydrogen) atoms. The highest BCUT2D eigenvalue weighted by atomic mass is 32.2. The Morgan fingerprint density at radius 1 is 1.60 bits per heavy atom. The molecule has 2 aliphatic rings. The third-order valence-electron chi connectivity index (χ3n) is 3.37. The molecule has 0 aromatic heterocycles. The Hall–Kier alpha value is -0.260. The molecule has 0 amide bonds. The third kappa shape index (κ3) is 2.29. The van der Waals surface area contributed by atoms with Gasteiger partial charge in [-0.15, -0.1) is 11.8 Å². The lowest BCUT2D eigenvalue weighted by molar-refractivity contribution is -0.139. The van der Waals surface area contributed by atoms with Gasteiger partial charge in [-0.1, -0.05) is 6.92 Å². The SMILES string of the molecule is CCN1CCC2(CC1)NC(C(=O)O)CS2. The molecule has 2 fully saturated rings. The first-order valence-corrected chi connectivity index (χ1v) is 6.50. The molecule has 2 rings (SSSR count). The van der Waals surface area contributed by atoms with E-state index in [0.29, 0.717) is 5.75 Å². The number of carboxylic acid groups (broad SMARTS) is 1. The molecule has 4 nitrogen and oxygen atoms in total. The van der Waals surface area contributed by atoms with E-state index in [-0.39, 0.29) is 10.9 Å². The first-order chi connectivity index (χ1) is 7.15. The lowest BCUT2D eigenvalue weighted by atomic mass is 10.0. The van der Waals surface area contributed by atoms with Gasteiger partial charge in [-0.05, 0) is 19.4 Å². The second kappa shape index (κ2) is 4.31. The van der Waals surface area contributed by atoms with E-state index >= 15 is 0 Å². The number of piperidine rings is 1. The number of carboxylic acids is 1. The van der Waals surface area contributed by atoms with Gasteiger partial charge in [0, 0.05) is 18.8 Å². The van der Waals surface area contributed by atoms with Crippen LogP contribution in [0.5, 0.6) is 0 Å². The van der Waals surface area contributed by atoms with Crippen molar-refractivity contribution in [2.24, 2.45) is 0 Å². The van der Waals surface area contributed by atoms with Gasteiger partial charge in [0.05, 0.1) is 4.87 Å². The van der Waals surface area contributed by atoms with Gasteiger partial charge >= 0.3 is 5.97 Å². The van der Waals surface area contributed by atoms with Gasteiger partial charge in [-0.3, -0.25) is 10.1 Å². The van der Waals surface area contributed by atoms with E-state index in [9.17, 15) is 4.79 Å². The number of carbonyl (C=O) groups is 1. The van der Waals surface area contributed by atoms with Crippen molar-refractivity contribution in [3.63, 3.8) is 0 Å². The predicted molar refractivity (Wildman–Crippen MR) is 61.1 cm³/mol. The highest BCUT2D eigenvalue weighted by Gasteiger charge is 2.43. The first kappa shape index (κ1) is 11.2. The molecular weight excluding hydrogens is 212 g/mol. The van der Waals surface area contributed by atoms with E-state index in [1.54, 1.807) is 11.8 Å². The van der Waals surface area contributed by atoms with Gasteiger partial charge in [0.25, 0.3) is 0 Å². The van der Waals surface area contributed by atoms with Crippen molar-refractivity contribution in [2.75, 3.05) is 25.4 Å². The molecule has 0 aromatic rings. The third-order valence-corrected chi connectivity index (χ3v) is 4.95. The number of thioether (sulfide) groups is 1. The number of rotatable bonds is 2. The molecule has 0 aromatic carbocycles. The number of hydrogen-bond donors (Lipinski definition) is 2. The molecule has 0 radical (unpaired) electrons. The van der Waals surface area contributed by atoms with Gasteiger partial charge in [0.15, 0.2) is 0 Å². The summed E-state index contributed by atoms with van der Waals surface area (Å²) >= 11 is 1.80. The van der Waals surface area contributed by atoms with Gasteiger partial charge in [0.2, 0.25) is 0 Å². The van der Waals surface area contributed by atoms with Crippen LogP contribution in [0.2, 0.25) is 0 Å². The van der Waals surface area contributed by atoms with Crippen LogP contribution in [-0.2, 0) is 4.79 Å². The average molecular weight is 230 g/mol. The predicted octanol–water partition coefficient (Wildman–Crippen LogP) is 0.588. The number of hydrogen-bond acceptors (Lipinski definition) is 4. The maximum absolute atomic E-state index is 10.9. The van der Waals surface area contributed by atoms with Crippen LogP contribution in [0.3, 0.4) is 0 Å². The van der Waals surface area contributed by atoms with Crippen molar-refractivity contribution < 1.29 is 9.90 Å². The highest BCUT2D eigenvalue weighted by Crippen LogP contribution is 2.38. The van der Waals surface area contributed by atoms with Crippen LogP contribution >= 0.6 is 11.8 Å². The Balaban J connectivity index is 1.92. The summed E-state index contributed by atoms with van der Waals surface area (Å²) in [5.74, 6) is -0.00106. The molecule has 1 atom stereocenters. The number of likely N-dealkylation sites (tertiary alicyclic amines) is 1. The minimum absolute atomic E-state index is 0.0503. The Morgan fingerprint density at radius 2 is 2.27 bits per heavy atom. The van der Waals surface area contributed by atoms with E-state index in [1.807, 2.05) is 0 Å².